The molecule has 4 N–H and O–H groups in total. The van der Waals surface area contributed by atoms with Gasteiger partial charge in [-0.3, -0.25) is 4.79 Å². The van der Waals surface area contributed by atoms with Crippen LogP contribution in [0.1, 0.15) is 70.4 Å². The molecule has 1 saturated carbocycles. The maximum Gasteiger partial charge on any atom is 0.309 e. The Morgan fingerprint density at radius 3 is 2.24 bits per heavy atom. The molecule has 0 heterocycles. The van der Waals surface area contributed by atoms with E-state index in [9.17, 15) is 25.2 Å². The van der Waals surface area contributed by atoms with E-state index in [-0.39, 0.29) is 16.9 Å². The summed E-state index contributed by atoms with van der Waals surface area (Å²) in [5.74, 6) is -1.78. The first kappa shape index (κ1) is 19.4. The zero-order valence-electron chi connectivity index (χ0n) is 15.4. The van der Waals surface area contributed by atoms with Gasteiger partial charge in [0, 0.05) is 5.56 Å². The van der Waals surface area contributed by atoms with Gasteiger partial charge in [-0.05, 0) is 68.4 Å². The number of phenols is 3. The van der Waals surface area contributed by atoms with Gasteiger partial charge in [-0.25, -0.2) is 0 Å². The van der Waals surface area contributed by atoms with Crippen LogP contribution in [0, 0.1) is 10.8 Å². The molecule has 0 amide bonds. The van der Waals surface area contributed by atoms with Gasteiger partial charge >= 0.3 is 5.97 Å². The quantitative estimate of drug-likeness (QED) is 0.522. The van der Waals surface area contributed by atoms with Crippen LogP contribution in [0.25, 0.3) is 0 Å². The molecular weight excluding hydrogens is 320 g/mol. The van der Waals surface area contributed by atoms with Crippen molar-refractivity contribution in [2.24, 2.45) is 10.8 Å². The molecule has 1 fully saturated rings. The van der Waals surface area contributed by atoms with Gasteiger partial charge in [-0.1, -0.05) is 20.8 Å². The fourth-order valence-corrected chi connectivity index (χ4v) is 3.37. The van der Waals surface area contributed by atoms with E-state index in [1.807, 2.05) is 0 Å². The summed E-state index contributed by atoms with van der Waals surface area (Å²) in [6, 6.07) is 1.50. The summed E-state index contributed by atoms with van der Waals surface area (Å²) in [6.45, 7) is 6.47. The van der Waals surface area contributed by atoms with Crippen molar-refractivity contribution in [2.75, 3.05) is 0 Å². The highest BCUT2D eigenvalue weighted by molar-refractivity contribution is 5.77. The number of rotatable bonds is 8. The number of phenolic OH excluding ortho intramolecular Hbond substituents is 3. The van der Waals surface area contributed by atoms with Gasteiger partial charge < -0.3 is 20.4 Å². The van der Waals surface area contributed by atoms with E-state index in [0.29, 0.717) is 31.2 Å². The minimum absolute atomic E-state index is 0.189. The molecule has 25 heavy (non-hydrogen) atoms. The van der Waals surface area contributed by atoms with Gasteiger partial charge in [-0.15, -0.1) is 0 Å². The molecule has 0 atom stereocenters. The van der Waals surface area contributed by atoms with Crippen LogP contribution >= 0.6 is 0 Å². The second-order valence-corrected chi connectivity index (χ2v) is 8.58. The number of carbonyl (C=O) groups is 1. The van der Waals surface area contributed by atoms with Crippen molar-refractivity contribution in [1.82, 2.24) is 0 Å². The van der Waals surface area contributed by atoms with Crippen molar-refractivity contribution in [2.45, 2.75) is 72.1 Å². The molecular formula is C20H30O5. The van der Waals surface area contributed by atoms with Crippen LogP contribution < -0.4 is 0 Å². The first-order valence-electron chi connectivity index (χ1n) is 9.05. The molecule has 0 unspecified atom stereocenters. The molecule has 0 saturated heterocycles. The number of carboxylic acid groups (broad SMARTS) is 1. The number of aliphatic carboxylic acids is 1. The average molecular weight is 350 g/mol. The highest BCUT2D eigenvalue weighted by Gasteiger charge is 2.49. The summed E-state index contributed by atoms with van der Waals surface area (Å²) in [5, 5.41) is 39.2. The van der Waals surface area contributed by atoms with Gasteiger partial charge in [-0.2, -0.15) is 0 Å². The predicted octanol–water partition coefficient (Wildman–Crippen LogP) is 4.36. The third-order valence-corrected chi connectivity index (χ3v) is 5.21. The highest BCUT2D eigenvalue weighted by atomic mass is 16.4. The zero-order chi connectivity index (χ0) is 18.8. The summed E-state index contributed by atoms with van der Waals surface area (Å²) < 4.78 is 0. The molecule has 0 aromatic heterocycles. The summed E-state index contributed by atoms with van der Waals surface area (Å²) in [4.78, 5) is 11.3. The van der Waals surface area contributed by atoms with Crippen molar-refractivity contribution in [3.63, 3.8) is 0 Å². The second kappa shape index (κ2) is 7.14. The van der Waals surface area contributed by atoms with E-state index in [1.54, 1.807) is 0 Å². The summed E-state index contributed by atoms with van der Waals surface area (Å²) in [5.41, 5.74) is 1.09. The van der Waals surface area contributed by atoms with Crippen LogP contribution in [-0.4, -0.2) is 26.4 Å². The molecule has 1 aliphatic carbocycles. The van der Waals surface area contributed by atoms with E-state index >= 15 is 0 Å². The molecule has 140 valence electrons. The molecule has 1 aromatic rings. The summed E-state index contributed by atoms with van der Waals surface area (Å²) in [7, 11) is 0. The fourth-order valence-electron chi connectivity index (χ4n) is 3.37. The number of aromatic hydroxyl groups is 3. The van der Waals surface area contributed by atoms with Crippen molar-refractivity contribution in [3.8, 4) is 17.2 Å². The van der Waals surface area contributed by atoms with E-state index in [2.05, 4.69) is 20.8 Å². The van der Waals surface area contributed by atoms with Gasteiger partial charge in [0.25, 0.3) is 0 Å². The number of carboxylic acids is 1. The minimum Gasteiger partial charge on any atom is -0.504 e. The van der Waals surface area contributed by atoms with Crippen LogP contribution in [0.4, 0.5) is 0 Å². The Labute approximate surface area is 149 Å². The number of benzene rings is 1. The third kappa shape index (κ3) is 4.80. The Morgan fingerprint density at radius 2 is 1.72 bits per heavy atom. The smallest absolute Gasteiger partial charge is 0.309 e. The van der Waals surface area contributed by atoms with Crippen molar-refractivity contribution < 1.29 is 25.2 Å². The first-order valence-corrected chi connectivity index (χ1v) is 9.05. The predicted molar refractivity (Wildman–Crippen MR) is 96.1 cm³/mol. The van der Waals surface area contributed by atoms with Crippen molar-refractivity contribution >= 4 is 5.97 Å². The lowest BCUT2D eigenvalue weighted by molar-refractivity contribution is -0.143. The molecule has 0 bridgehead atoms. The monoisotopic (exact) mass is 350 g/mol. The Hall–Kier alpha value is -1.91. The molecule has 0 spiro atoms. The van der Waals surface area contributed by atoms with Crippen LogP contribution in [0.5, 0.6) is 17.2 Å². The number of hydrogen-bond acceptors (Lipinski definition) is 4. The first-order chi connectivity index (χ1) is 11.6. The van der Waals surface area contributed by atoms with Crippen molar-refractivity contribution in [3.05, 3.63) is 17.2 Å². The van der Waals surface area contributed by atoms with Gasteiger partial charge in [0.05, 0.1) is 5.41 Å². The largest absolute Gasteiger partial charge is 0.504 e. The molecule has 5 heteroatoms. The normalized spacial score (nSPS) is 16.0. The molecule has 1 aliphatic rings. The summed E-state index contributed by atoms with van der Waals surface area (Å²) in [6.07, 6.45) is 5.80. The fraction of sp³-hybridized carbons (Fsp3) is 0.650. The van der Waals surface area contributed by atoms with Crippen molar-refractivity contribution in [1.29, 1.82) is 0 Å². The van der Waals surface area contributed by atoms with Gasteiger partial charge in [0.15, 0.2) is 11.5 Å². The molecule has 1 aromatic carbocycles. The SMILES string of the molecule is CC(C)(C)CCCc1c(CCCC2(C(=O)O)CC2)cc(O)c(O)c1O. The van der Waals surface area contributed by atoms with Crippen LogP contribution in [0.3, 0.4) is 0 Å². The molecule has 2 rings (SSSR count). The maximum absolute atomic E-state index is 11.3. The molecule has 5 nitrogen and oxygen atoms in total. The van der Waals surface area contributed by atoms with Crippen LogP contribution in [0.15, 0.2) is 6.07 Å². The lowest BCUT2D eigenvalue weighted by atomic mass is 9.87. The second-order valence-electron chi connectivity index (χ2n) is 8.58. The van der Waals surface area contributed by atoms with Crippen LogP contribution in [-0.2, 0) is 17.6 Å². The highest BCUT2D eigenvalue weighted by Crippen LogP contribution is 2.50. The zero-order valence-corrected chi connectivity index (χ0v) is 15.4. The van der Waals surface area contributed by atoms with Gasteiger partial charge in [0.1, 0.15) is 0 Å². The van der Waals surface area contributed by atoms with E-state index in [4.69, 9.17) is 0 Å². The van der Waals surface area contributed by atoms with E-state index < -0.39 is 17.1 Å². The third-order valence-electron chi connectivity index (χ3n) is 5.21. The lowest BCUT2D eigenvalue weighted by Crippen LogP contribution is -2.14. The summed E-state index contributed by atoms with van der Waals surface area (Å²) >= 11 is 0. The van der Waals surface area contributed by atoms with Crippen LogP contribution in [0.2, 0.25) is 0 Å². The Morgan fingerprint density at radius 1 is 1.08 bits per heavy atom. The average Bonchev–Trinajstić information content (AvgIpc) is 3.28. The maximum atomic E-state index is 11.3. The van der Waals surface area contributed by atoms with E-state index in [1.165, 1.54) is 6.07 Å². The number of aryl methyl sites for hydroxylation is 1. The van der Waals surface area contributed by atoms with Gasteiger partial charge in [0.2, 0.25) is 5.75 Å². The Kier molecular flexibility index (Phi) is 5.55. The molecule has 0 aliphatic heterocycles. The topological polar surface area (TPSA) is 98.0 Å². The Balaban J connectivity index is 2.08. The lowest BCUT2D eigenvalue weighted by Gasteiger charge is -2.19. The molecule has 0 radical (unpaired) electrons. The number of hydrogen-bond donors (Lipinski definition) is 4. The van der Waals surface area contributed by atoms with E-state index in [0.717, 1.165) is 31.2 Å². The minimum atomic E-state index is -0.727. The standard InChI is InChI=1S/C20H30O5/c1-19(2,3)8-5-7-14-13(12-15(21)17(23)16(14)22)6-4-9-20(10-11-20)18(24)25/h12,21-23H,4-11H2,1-3H3,(H,24,25). The Bertz CT molecular complexity index is 638.